The third-order valence-corrected chi connectivity index (χ3v) is 4.83. The van der Waals surface area contributed by atoms with Crippen molar-refractivity contribution in [3.05, 3.63) is 103 Å². The molecule has 0 spiro atoms. The van der Waals surface area contributed by atoms with Gasteiger partial charge >= 0.3 is 0 Å². The summed E-state index contributed by atoms with van der Waals surface area (Å²) in [5, 5.41) is 15.9. The second-order valence-corrected chi connectivity index (χ2v) is 7.04. The molecule has 7 nitrogen and oxygen atoms in total. The summed E-state index contributed by atoms with van der Waals surface area (Å²) in [7, 11) is 0. The van der Waals surface area contributed by atoms with E-state index < -0.39 is 0 Å². The van der Waals surface area contributed by atoms with Gasteiger partial charge in [0, 0.05) is 23.5 Å². The van der Waals surface area contributed by atoms with Gasteiger partial charge in [-0.2, -0.15) is 9.61 Å². The Hall–Kier alpha value is -4.65. The van der Waals surface area contributed by atoms with E-state index in [-0.39, 0.29) is 5.91 Å². The molecule has 1 amide bonds. The van der Waals surface area contributed by atoms with Crippen LogP contribution in [0.25, 0.3) is 34.5 Å². The van der Waals surface area contributed by atoms with Crippen LogP contribution in [-0.4, -0.2) is 30.7 Å². The van der Waals surface area contributed by atoms with Gasteiger partial charge in [0.15, 0.2) is 5.65 Å². The van der Waals surface area contributed by atoms with Crippen LogP contribution in [0.15, 0.2) is 97.2 Å². The monoisotopic (exact) mass is 418 g/mol. The summed E-state index contributed by atoms with van der Waals surface area (Å²) >= 11 is 0. The number of hydrogen-bond acceptors (Lipinski definition) is 5. The number of rotatable bonds is 5. The minimum absolute atomic E-state index is 0.189. The molecule has 7 heteroatoms. The van der Waals surface area contributed by atoms with Crippen molar-refractivity contribution in [2.75, 3.05) is 5.32 Å². The van der Waals surface area contributed by atoms with Crippen LogP contribution < -0.4 is 5.32 Å². The lowest BCUT2D eigenvalue weighted by Crippen LogP contribution is -2.07. The maximum atomic E-state index is 12.2. The van der Waals surface area contributed by atoms with E-state index >= 15 is 0 Å². The fraction of sp³-hybridized carbons (Fsp3) is 0. The topological polar surface area (TPSA) is 85.1 Å². The summed E-state index contributed by atoms with van der Waals surface area (Å²) in [5.74, 6) is 0.391. The lowest BCUT2D eigenvalue weighted by molar-refractivity contribution is -0.111. The SMILES string of the molecule is O=C(/C=C/c1ccccc1)Nc1ccc(-c2ccc3nnc(-c4ccccn4)n3n2)cc1. The molecule has 3 aromatic heterocycles. The van der Waals surface area contributed by atoms with Crippen LogP contribution in [0.5, 0.6) is 0 Å². The Labute approximate surface area is 184 Å². The first-order valence-electron chi connectivity index (χ1n) is 10.0. The number of amides is 1. The highest BCUT2D eigenvalue weighted by molar-refractivity contribution is 6.02. The first kappa shape index (κ1) is 19.3. The summed E-state index contributed by atoms with van der Waals surface area (Å²) < 4.78 is 1.68. The van der Waals surface area contributed by atoms with Crippen molar-refractivity contribution in [2.45, 2.75) is 0 Å². The van der Waals surface area contributed by atoms with Gasteiger partial charge in [0.1, 0.15) is 5.69 Å². The summed E-state index contributed by atoms with van der Waals surface area (Å²) in [6, 6.07) is 26.6. The first-order chi connectivity index (χ1) is 15.8. The minimum Gasteiger partial charge on any atom is -0.323 e. The normalized spacial score (nSPS) is 11.1. The van der Waals surface area contributed by atoms with Gasteiger partial charge < -0.3 is 5.32 Å². The summed E-state index contributed by atoms with van der Waals surface area (Å²) in [6.07, 6.45) is 5.01. The quantitative estimate of drug-likeness (QED) is 0.425. The molecule has 32 heavy (non-hydrogen) atoms. The number of pyridine rings is 1. The van der Waals surface area contributed by atoms with Crippen LogP contribution in [0.4, 0.5) is 5.69 Å². The number of hydrogen-bond donors (Lipinski definition) is 1. The van der Waals surface area contributed by atoms with Crippen molar-refractivity contribution in [1.29, 1.82) is 0 Å². The molecule has 0 bridgehead atoms. The van der Waals surface area contributed by atoms with Crippen LogP contribution in [0.2, 0.25) is 0 Å². The van der Waals surface area contributed by atoms with Gasteiger partial charge in [-0.15, -0.1) is 10.2 Å². The molecule has 0 aliphatic rings. The third-order valence-electron chi connectivity index (χ3n) is 4.83. The Kier molecular flexibility index (Phi) is 5.20. The molecule has 0 saturated heterocycles. The average molecular weight is 418 g/mol. The molecule has 0 atom stereocenters. The van der Waals surface area contributed by atoms with Crippen molar-refractivity contribution in [2.24, 2.45) is 0 Å². The molecule has 0 fully saturated rings. The van der Waals surface area contributed by atoms with E-state index in [0.717, 1.165) is 16.8 Å². The summed E-state index contributed by atoms with van der Waals surface area (Å²) in [5.41, 5.74) is 4.69. The van der Waals surface area contributed by atoms with Gasteiger partial charge in [0.25, 0.3) is 0 Å². The largest absolute Gasteiger partial charge is 0.323 e. The van der Waals surface area contributed by atoms with Crippen LogP contribution >= 0.6 is 0 Å². The number of aromatic nitrogens is 5. The van der Waals surface area contributed by atoms with Crippen molar-refractivity contribution in [3.63, 3.8) is 0 Å². The molecule has 154 valence electrons. The molecule has 0 unspecified atom stereocenters. The maximum absolute atomic E-state index is 12.2. The number of nitrogens with one attached hydrogen (secondary N) is 1. The van der Waals surface area contributed by atoms with Gasteiger partial charge in [0.05, 0.1) is 5.69 Å². The van der Waals surface area contributed by atoms with Gasteiger partial charge in [-0.3, -0.25) is 9.78 Å². The molecule has 0 aliphatic carbocycles. The fourth-order valence-electron chi connectivity index (χ4n) is 3.24. The summed E-state index contributed by atoms with van der Waals surface area (Å²) in [6.45, 7) is 0. The van der Waals surface area contributed by atoms with Crippen LogP contribution in [-0.2, 0) is 4.79 Å². The second-order valence-electron chi connectivity index (χ2n) is 7.04. The predicted octanol–water partition coefficient (Wildman–Crippen LogP) is 4.51. The molecule has 0 radical (unpaired) electrons. The van der Waals surface area contributed by atoms with E-state index in [9.17, 15) is 4.79 Å². The predicted molar refractivity (Wildman–Crippen MR) is 124 cm³/mol. The Morgan fingerprint density at radius 2 is 1.62 bits per heavy atom. The van der Waals surface area contributed by atoms with E-state index in [1.54, 1.807) is 16.8 Å². The zero-order valence-electron chi connectivity index (χ0n) is 17.0. The fourth-order valence-corrected chi connectivity index (χ4v) is 3.24. The van der Waals surface area contributed by atoms with Crippen molar-refractivity contribution in [1.82, 2.24) is 24.8 Å². The highest BCUT2D eigenvalue weighted by Gasteiger charge is 2.11. The number of fused-ring (bicyclic) bond motifs is 1. The Bertz CT molecular complexity index is 1390. The van der Waals surface area contributed by atoms with Gasteiger partial charge in [-0.1, -0.05) is 48.5 Å². The van der Waals surface area contributed by atoms with E-state index in [4.69, 9.17) is 0 Å². The second kappa shape index (κ2) is 8.61. The lowest BCUT2D eigenvalue weighted by atomic mass is 10.1. The van der Waals surface area contributed by atoms with Gasteiger partial charge in [-0.05, 0) is 48.0 Å². The third kappa shape index (κ3) is 4.13. The molecule has 5 rings (SSSR count). The summed E-state index contributed by atoms with van der Waals surface area (Å²) in [4.78, 5) is 16.5. The van der Waals surface area contributed by atoms with Crippen LogP contribution in [0.3, 0.4) is 0 Å². The zero-order chi connectivity index (χ0) is 21.8. The number of anilines is 1. The molecule has 1 N–H and O–H groups in total. The van der Waals surface area contributed by atoms with E-state index in [1.807, 2.05) is 84.9 Å². The molecular formula is C25H18N6O. The number of benzene rings is 2. The van der Waals surface area contributed by atoms with Gasteiger partial charge in [0.2, 0.25) is 11.7 Å². The Morgan fingerprint density at radius 1 is 0.812 bits per heavy atom. The number of carbonyl (C=O) groups is 1. The van der Waals surface area contributed by atoms with Gasteiger partial charge in [-0.25, -0.2) is 0 Å². The molecule has 3 heterocycles. The maximum Gasteiger partial charge on any atom is 0.248 e. The van der Waals surface area contributed by atoms with Crippen LogP contribution in [0, 0.1) is 0 Å². The van der Waals surface area contributed by atoms with Crippen molar-refractivity contribution < 1.29 is 4.79 Å². The van der Waals surface area contributed by atoms with Crippen LogP contribution in [0.1, 0.15) is 5.56 Å². The van der Waals surface area contributed by atoms with Crippen molar-refractivity contribution in [3.8, 4) is 22.8 Å². The highest BCUT2D eigenvalue weighted by atomic mass is 16.1. The Balaban J connectivity index is 1.34. The van der Waals surface area contributed by atoms with Crippen molar-refractivity contribution >= 4 is 23.3 Å². The number of carbonyl (C=O) groups excluding carboxylic acids is 1. The molecule has 5 aromatic rings. The smallest absolute Gasteiger partial charge is 0.248 e. The molecule has 0 aliphatic heterocycles. The minimum atomic E-state index is -0.189. The standard InChI is InChI=1S/C25H18N6O/c32-24(16-9-18-6-2-1-3-7-18)27-20-12-10-19(11-13-20)21-14-15-23-28-29-25(31(23)30-21)22-8-4-5-17-26-22/h1-17H,(H,27,32)/b16-9+. The molecular weight excluding hydrogens is 400 g/mol. The average Bonchev–Trinajstić information content (AvgIpc) is 3.28. The molecule has 0 saturated carbocycles. The first-order valence-corrected chi connectivity index (χ1v) is 10.0. The number of nitrogens with zero attached hydrogens (tertiary/aromatic N) is 5. The molecule has 2 aromatic carbocycles. The van der Waals surface area contributed by atoms with E-state index in [2.05, 4.69) is 25.6 Å². The zero-order valence-corrected chi connectivity index (χ0v) is 17.0. The highest BCUT2D eigenvalue weighted by Crippen LogP contribution is 2.22. The van der Waals surface area contributed by atoms with E-state index in [1.165, 1.54) is 6.08 Å². The Morgan fingerprint density at radius 3 is 2.41 bits per heavy atom. The lowest BCUT2D eigenvalue weighted by Gasteiger charge is -2.06. The van der Waals surface area contributed by atoms with E-state index in [0.29, 0.717) is 22.9 Å².